The van der Waals surface area contributed by atoms with Gasteiger partial charge in [0.25, 0.3) is 0 Å². The third-order valence-corrected chi connectivity index (χ3v) is 2.82. The second-order valence-corrected chi connectivity index (χ2v) is 4.51. The fourth-order valence-corrected chi connectivity index (χ4v) is 1.91. The molecule has 0 aliphatic rings. The molecule has 0 radical (unpaired) electrons. The highest BCUT2D eigenvalue weighted by atomic mass is 79.9. The van der Waals surface area contributed by atoms with Crippen molar-refractivity contribution in [2.24, 2.45) is 5.73 Å². The molecule has 1 aromatic rings. The fourth-order valence-electron chi connectivity index (χ4n) is 1.50. The van der Waals surface area contributed by atoms with E-state index in [1.807, 2.05) is 18.2 Å². The molecular weight excluding hydrogens is 284 g/mol. The SMILES string of the molecule is COc1ccc(Br)cc1CCNC(=O)CCN. The summed E-state index contributed by atoms with van der Waals surface area (Å²) in [5, 5.41) is 2.81. The molecule has 4 nitrogen and oxygen atoms in total. The van der Waals surface area contributed by atoms with Crippen molar-refractivity contribution >= 4 is 21.8 Å². The topological polar surface area (TPSA) is 64.3 Å². The molecule has 0 unspecified atom stereocenters. The molecule has 0 saturated carbocycles. The predicted molar refractivity (Wildman–Crippen MR) is 71.1 cm³/mol. The van der Waals surface area contributed by atoms with Gasteiger partial charge in [0.05, 0.1) is 7.11 Å². The molecule has 5 heteroatoms. The van der Waals surface area contributed by atoms with Gasteiger partial charge in [-0.2, -0.15) is 0 Å². The van der Waals surface area contributed by atoms with Crippen LogP contribution in [0, 0.1) is 0 Å². The van der Waals surface area contributed by atoms with Crippen LogP contribution in [0.2, 0.25) is 0 Å². The molecule has 0 aliphatic carbocycles. The summed E-state index contributed by atoms with van der Waals surface area (Å²) >= 11 is 3.41. The Bertz CT molecular complexity index is 383. The van der Waals surface area contributed by atoms with Crippen LogP contribution in [-0.2, 0) is 11.2 Å². The molecule has 0 atom stereocenters. The van der Waals surface area contributed by atoms with Crippen molar-refractivity contribution in [3.63, 3.8) is 0 Å². The van der Waals surface area contributed by atoms with Crippen LogP contribution in [-0.4, -0.2) is 26.1 Å². The number of methoxy groups -OCH3 is 1. The molecule has 17 heavy (non-hydrogen) atoms. The van der Waals surface area contributed by atoms with Gasteiger partial charge < -0.3 is 15.8 Å². The Hall–Kier alpha value is -1.07. The standard InChI is InChI=1S/C12H17BrN2O2/c1-17-11-3-2-10(13)8-9(11)5-7-15-12(16)4-6-14/h2-3,8H,4-7,14H2,1H3,(H,15,16). The van der Waals surface area contributed by atoms with Gasteiger partial charge in [0.1, 0.15) is 5.75 Å². The summed E-state index contributed by atoms with van der Waals surface area (Å²) in [6, 6.07) is 5.82. The van der Waals surface area contributed by atoms with E-state index in [0.717, 1.165) is 22.2 Å². The Morgan fingerprint density at radius 1 is 1.53 bits per heavy atom. The number of amides is 1. The van der Waals surface area contributed by atoms with Crippen LogP contribution in [0.25, 0.3) is 0 Å². The summed E-state index contributed by atoms with van der Waals surface area (Å²) in [6.45, 7) is 0.970. The number of ether oxygens (including phenoxy) is 1. The van der Waals surface area contributed by atoms with Crippen molar-refractivity contribution in [1.29, 1.82) is 0 Å². The number of hydrogen-bond acceptors (Lipinski definition) is 3. The van der Waals surface area contributed by atoms with Crippen LogP contribution >= 0.6 is 15.9 Å². The molecule has 0 heterocycles. The van der Waals surface area contributed by atoms with Gasteiger partial charge in [-0.25, -0.2) is 0 Å². The zero-order valence-corrected chi connectivity index (χ0v) is 11.4. The lowest BCUT2D eigenvalue weighted by atomic mass is 10.1. The minimum absolute atomic E-state index is 0.0125. The summed E-state index contributed by atoms with van der Waals surface area (Å²) in [4.78, 5) is 11.2. The fraction of sp³-hybridized carbons (Fsp3) is 0.417. The molecule has 0 fully saturated rings. The Balaban J connectivity index is 2.50. The third kappa shape index (κ3) is 4.75. The van der Waals surface area contributed by atoms with E-state index < -0.39 is 0 Å². The van der Waals surface area contributed by atoms with Gasteiger partial charge in [-0.15, -0.1) is 0 Å². The lowest BCUT2D eigenvalue weighted by Gasteiger charge is -2.09. The van der Waals surface area contributed by atoms with E-state index in [1.54, 1.807) is 7.11 Å². The summed E-state index contributed by atoms with van der Waals surface area (Å²) in [7, 11) is 1.64. The molecule has 3 N–H and O–H groups in total. The second-order valence-electron chi connectivity index (χ2n) is 3.59. The van der Waals surface area contributed by atoms with Crippen molar-refractivity contribution < 1.29 is 9.53 Å². The second kappa shape index (κ2) is 7.29. The molecular formula is C12H17BrN2O2. The largest absolute Gasteiger partial charge is 0.496 e. The zero-order valence-electron chi connectivity index (χ0n) is 9.83. The monoisotopic (exact) mass is 300 g/mol. The zero-order chi connectivity index (χ0) is 12.7. The average molecular weight is 301 g/mol. The first-order chi connectivity index (χ1) is 8.17. The molecule has 1 rings (SSSR count). The Labute approximate surface area is 110 Å². The van der Waals surface area contributed by atoms with Gasteiger partial charge in [0, 0.05) is 24.0 Å². The first-order valence-corrected chi connectivity index (χ1v) is 6.26. The van der Waals surface area contributed by atoms with Crippen LogP contribution in [0.1, 0.15) is 12.0 Å². The van der Waals surface area contributed by atoms with Gasteiger partial charge in [-0.1, -0.05) is 15.9 Å². The van der Waals surface area contributed by atoms with Gasteiger partial charge in [0.15, 0.2) is 0 Å². The summed E-state index contributed by atoms with van der Waals surface area (Å²) in [5.41, 5.74) is 6.36. The van der Waals surface area contributed by atoms with E-state index in [-0.39, 0.29) is 5.91 Å². The first-order valence-electron chi connectivity index (χ1n) is 5.46. The minimum Gasteiger partial charge on any atom is -0.496 e. The number of nitrogens with one attached hydrogen (secondary N) is 1. The predicted octanol–water partition coefficient (Wildman–Crippen LogP) is 1.47. The van der Waals surface area contributed by atoms with Gasteiger partial charge in [-0.05, 0) is 30.2 Å². The van der Waals surface area contributed by atoms with E-state index in [9.17, 15) is 4.79 Å². The maximum absolute atomic E-state index is 11.2. The maximum Gasteiger partial charge on any atom is 0.221 e. The molecule has 0 saturated heterocycles. The number of carbonyl (C=O) groups is 1. The summed E-state index contributed by atoms with van der Waals surface area (Å²) in [6.07, 6.45) is 1.11. The van der Waals surface area contributed by atoms with E-state index in [0.29, 0.717) is 19.5 Å². The lowest BCUT2D eigenvalue weighted by Crippen LogP contribution is -2.27. The van der Waals surface area contributed by atoms with Gasteiger partial charge in [0.2, 0.25) is 5.91 Å². The molecule has 1 aromatic carbocycles. The van der Waals surface area contributed by atoms with E-state index in [2.05, 4.69) is 21.2 Å². The third-order valence-electron chi connectivity index (χ3n) is 2.33. The van der Waals surface area contributed by atoms with Crippen molar-refractivity contribution in [3.05, 3.63) is 28.2 Å². The van der Waals surface area contributed by atoms with Crippen molar-refractivity contribution in [2.75, 3.05) is 20.2 Å². The highest BCUT2D eigenvalue weighted by Gasteiger charge is 2.04. The number of rotatable bonds is 6. The summed E-state index contributed by atoms with van der Waals surface area (Å²) < 4.78 is 6.25. The molecule has 0 aromatic heterocycles. The van der Waals surface area contributed by atoms with E-state index in [4.69, 9.17) is 10.5 Å². The van der Waals surface area contributed by atoms with Crippen LogP contribution in [0.5, 0.6) is 5.75 Å². The maximum atomic E-state index is 11.2. The number of benzene rings is 1. The highest BCUT2D eigenvalue weighted by molar-refractivity contribution is 9.10. The van der Waals surface area contributed by atoms with Crippen molar-refractivity contribution in [2.45, 2.75) is 12.8 Å². The van der Waals surface area contributed by atoms with E-state index >= 15 is 0 Å². The molecule has 94 valence electrons. The van der Waals surface area contributed by atoms with Crippen LogP contribution in [0.4, 0.5) is 0 Å². The Kier molecular flexibility index (Phi) is 6.00. The molecule has 1 amide bonds. The highest BCUT2D eigenvalue weighted by Crippen LogP contribution is 2.23. The lowest BCUT2D eigenvalue weighted by molar-refractivity contribution is -0.120. The number of halogens is 1. The van der Waals surface area contributed by atoms with Gasteiger partial charge in [-0.3, -0.25) is 4.79 Å². The van der Waals surface area contributed by atoms with Crippen LogP contribution in [0.15, 0.2) is 22.7 Å². The quantitative estimate of drug-likeness (QED) is 0.836. The summed E-state index contributed by atoms with van der Waals surface area (Å²) in [5.74, 6) is 0.822. The molecule has 0 aliphatic heterocycles. The minimum atomic E-state index is -0.0125. The average Bonchev–Trinajstić information content (AvgIpc) is 2.30. The number of nitrogens with two attached hydrogens (primary N) is 1. The number of carbonyl (C=O) groups excluding carboxylic acids is 1. The number of hydrogen-bond donors (Lipinski definition) is 2. The van der Waals surface area contributed by atoms with Crippen molar-refractivity contribution in [1.82, 2.24) is 5.32 Å². The first kappa shape index (κ1) is 14.0. The van der Waals surface area contributed by atoms with E-state index in [1.165, 1.54) is 0 Å². The van der Waals surface area contributed by atoms with Crippen LogP contribution in [0.3, 0.4) is 0 Å². The smallest absolute Gasteiger partial charge is 0.221 e. The Morgan fingerprint density at radius 2 is 2.29 bits per heavy atom. The Morgan fingerprint density at radius 3 is 2.94 bits per heavy atom. The molecule has 0 bridgehead atoms. The normalized spacial score (nSPS) is 10.1. The molecule has 0 spiro atoms. The van der Waals surface area contributed by atoms with Gasteiger partial charge >= 0.3 is 0 Å². The van der Waals surface area contributed by atoms with Crippen molar-refractivity contribution in [3.8, 4) is 5.75 Å². The van der Waals surface area contributed by atoms with Crippen LogP contribution < -0.4 is 15.8 Å².